The van der Waals surface area contributed by atoms with Crippen LogP contribution in [0.3, 0.4) is 0 Å². The number of benzene rings is 2. The molecule has 0 aromatic heterocycles. The Balaban J connectivity index is 1.38. The van der Waals surface area contributed by atoms with Gasteiger partial charge in [0.05, 0.1) is 24.3 Å². The van der Waals surface area contributed by atoms with Crippen LogP contribution in [0, 0.1) is 0 Å². The Morgan fingerprint density at radius 2 is 1.57 bits per heavy atom. The highest BCUT2D eigenvalue weighted by molar-refractivity contribution is 5.69. The Kier molecular flexibility index (Phi) is 9.20. The standard InChI is InChI=1S/C29H34O15/c1-11-21(34)24(37)27(41-12(2)30)29(40-11)39-10-20-22(35)23(36)25(38)28(44-20)43-19-9-16-17(33)7-15(32)8-18(16)42-26(19)13-3-5-14(31)6-4-13/h3-9,11,20-29,31-38H,10H2,1-2H3/p+1. The molecule has 3 aliphatic heterocycles. The lowest BCUT2D eigenvalue weighted by atomic mass is 9.98. The molecule has 0 amide bonds. The lowest BCUT2D eigenvalue weighted by molar-refractivity contribution is -0.326. The van der Waals surface area contributed by atoms with E-state index in [1.807, 2.05) is 0 Å². The summed E-state index contributed by atoms with van der Waals surface area (Å²) < 4.78 is 32.7. The molecule has 3 heterocycles. The average Bonchev–Trinajstić information content (AvgIpc) is 2.97. The summed E-state index contributed by atoms with van der Waals surface area (Å²) >= 11 is 0. The number of hydrogen-bond acceptors (Lipinski definition) is 14. The first kappa shape index (κ1) is 31.7. The number of phenolic OH excluding ortho intramolecular Hbond substituents is 3. The molecular weight excluding hydrogens is 588 g/mol. The second-order valence-corrected chi connectivity index (χ2v) is 10.8. The maximum atomic E-state index is 11.6. The third kappa shape index (κ3) is 6.40. The van der Waals surface area contributed by atoms with Crippen LogP contribution in [0.1, 0.15) is 31.1 Å². The van der Waals surface area contributed by atoms with Crippen LogP contribution in [-0.4, -0.2) is 120 Å². The normalized spacial score (nSPS) is 35.2. The van der Waals surface area contributed by atoms with Gasteiger partial charge < -0.3 is 69.3 Å². The molecule has 2 aromatic carbocycles. The molecule has 15 nitrogen and oxygen atoms in total. The third-order valence-corrected chi connectivity index (χ3v) is 7.59. The van der Waals surface area contributed by atoms with Crippen LogP contribution in [-0.2, 0) is 28.5 Å². The second-order valence-electron chi connectivity index (χ2n) is 10.8. The van der Waals surface area contributed by atoms with E-state index in [0.29, 0.717) is 5.56 Å². The van der Waals surface area contributed by atoms with E-state index in [-0.39, 0.29) is 34.3 Å². The van der Waals surface area contributed by atoms with E-state index < -0.39 is 80.1 Å². The van der Waals surface area contributed by atoms with Crippen LogP contribution in [0.25, 0.3) is 6.08 Å². The van der Waals surface area contributed by atoms with Crippen molar-refractivity contribution in [2.45, 2.75) is 81.4 Å². The number of phenols is 3. The Labute approximate surface area is 250 Å². The van der Waals surface area contributed by atoms with Gasteiger partial charge in [-0.15, -0.1) is 0 Å². The first-order valence-corrected chi connectivity index (χ1v) is 13.8. The molecule has 0 bridgehead atoms. The SMILES string of the molecule is CC(=O)OC1C(OCC2OC(OC3=Cc4c(O)cc(O)cc4[OH+]C3c3ccc(O)cc3)C(O)C(O)C2O)OC(C)C(O)C1O. The van der Waals surface area contributed by atoms with Gasteiger partial charge in [0.1, 0.15) is 59.4 Å². The average molecular weight is 624 g/mol. The van der Waals surface area contributed by atoms with Gasteiger partial charge in [-0.3, -0.25) is 4.79 Å². The maximum absolute atomic E-state index is 11.6. The molecule has 0 aliphatic carbocycles. The molecule has 44 heavy (non-hydrogen) atoms. The van der Waals surface area contributed by atoms with Crippen molar-refractivity contribution >= 4 is 12.0 Å². The zero-order chi connectivity index (χ0) is 31.9. The minimum Gasteiger partial charge on any atom is -0.571 e. The first-order valence-electron chi connectivity index (χ1n) is 13.8. The summed E-state index contributed by atoms with van der Waals surface area (Å²) in [5.74, 6) is -1.04. The molecule has 240 valence electrons. The first-order chi connectivity index (χ1) is 20.8. The Bertz CT molecular complexity index is 1360. The van der Waals surface area contributed by atoms with Crippen molar-refractivity contribution in [2.75, 3.05) is 6.61 Å². The van der Waals surface area contributed by atoms with E-state index in [0.717, 1.165) is 13.0 Å². The van der Waals surface area contributed by atoms with Crippen LogP contribution < -0.4 is 0 Å². The van der Waals surface area contributed by atoms with Crippen molar-refractivity contribution < 1.29 is 74.1 Å². The van der Waals surface area contributed by atoms with E-state index in [4.69, 9.17) is 23.7 Å². The van der Waals surface area contributed by atoms with Crippen molar-refractivity contribution in [2.24, 2.45) is 0 Å². The van der Waals surface area contributed by atoms with Crippen LogP contribution in [0.15, 0.2) is 42.2 Å². The molecule has 2 saturated heterocycles. The van der Waals surface area contributed by atoms with Gasteiger partial charge in [-0.1, -0.05) is 0 Å². The van der Waals surface area contributed by atoms with E-state index in [9.17, 15) is 45.6 Å². The van der Waals surface area contributed by atoms with Gasteiger partial charge in [0, 0.05) is 19.1 Å². The molecule has 11 unspecified atom stereocenters. The van der Waals surface area contributed by atoms with Gasteiger partial charge in [0.2, 0.25) is 6.29 Å². The van der Waals surface area contributed by atoms with Crippen molar-refractivity contribution in [1.82, 2.24) is 0 Å². The van der Waals surface area contributed by atoms with Crippen molar-refractivity contribution in [3.63, 3.8) is 0 Å². The Morgan fingerprint density at radius 1 is 0.864 bits per heavy atom. The molecule has 3 aliphatic rings. The summed E-state index contributed by atoms with van der Waals surface area (Å²) in [6.07, 6.45) is -14.3. The fourth-order valence-electron chi connectivity index (χ4n) is 5.21. The summed E-state index contributed by atoms with van der Waals surface area (Å²) in [5, 5.41) is 82.9. The van der Waals surface area contributed by atoms with Gasteiger partial charge >= 0.3 is 5.97 Å². The summed E-state index contributed by atoms with van der Waals surface area (Å²) in [7, 11) is 0. The summed E-state index contributed by atoms with van der Waals surface area (Å²) in [6.45, 7) is 2.06. The number of hydrogen-bond donors (Lipinski definition) is 8. The smallest absolute Gasteiger partial charge is 0.303 e. The van der Waals surface area contributed by atoms with Gasteiger partial charge in [-0.2, -0.15) is 0 Å². The summed E-state index contributed by atoms with van der Waals surface area (Å²) in [4.78, 5) is 11.6. The third-order valence-electron chi connectivity index (χ3n) is 7.59. The Hall–Kier alpha value is -3.67. The maximum Gasteiger partial charge on any atom is 0.303 e. The topological polar surface area (TPSA) is 238 Å². The highest BCUT2D eigenvalue weighted by atomic mass is 16.7. The molecule has 2 fully saturated rings. The molecule has 0 spiro atoms. The number of fused-ring (bicyclic) bond motifs is 1. The molecule has 11 atom stereocenters. The van der Waals surface area contributed by atoms with Crippen LogP contribution >= 0.6 is 0 Å². The highest BCUT2D eigenvalue weighted by Crippen LogP contribution is 2.45. The number of ether oxygens (including phenoxy) is 6. The predicted molar refractivity (Wildman–Crippen MR) is 146 cm³/mol. The Morgan fingerprint density at radius 3 is 2.25 bits per heavy atom. The molecule has 0 radical (unpaired) electrons. The fourth-order valence-corrected chi connectivity index (χ4v) is 5.21. The van der Waals surface area contributed by atoms with E-state index >= 15 is 0 Å². The lowest BCUT2D eigenvalue weighted by Crippen LogP contribution is -2.61. The minimum atomic E-state index is -1.78. The number of aliphatic hydroxyl groups excluding tert-OH is 5. The molecule has 5 rings (SSSR count). The van der Waals surface area contributed by atoms with E-state index in [2.05, 4.69) is 4.74 Å². The number of rotatable bonds is 7. The molecular formula is C29H35O15+. The minimum absolute atomic E-state index is 0.00741. The number of carbonyl (C=O) groups excluding carboxylic acids is 1. The number of aliphatic hydroxyl groups is 6. The van der Waals surface area contributed by atoms with Crippen LogP contribution in [0.2, 0.25) is 0 Å². The fraction of sp³-hybridized carbons (Fsp3) is 0.483. The molecule has 2 aromatic rings. The predicted octanol–water partition coefficient (Wildman–Crippen LogP) is -0.620. The zero-order valence-electron chi connectivity index (χ0n) is 23.6. The van der Waals surface area contributed by atoms with Crippen LogP contribution in [0.5, 0.6) is 23.0 Å². The van der Waals surface area contributed by atoms with Gasteiger partial charge in [0.15, 0.2) is 18.2 Å². The highest BCUT2D eigenvalue weighted by Gasteiger charge is 2.49. The monoisotopic (exact) mass is 623 g/mol. The largest absolute Gasteiger partial charge is 0.571 e. The van der Waals surface area contributed by atoms with E-state index in [1.165, 1.54) is 31.2 Å². The molecule has 15 heteroatoms. The quantitative estimate of drug-likeness (QED) is 0.142. The van der Waals surface area contributed by atoms with Crippen molar-refractivity contribution in [1.29, 1.82) is 0 Å². The molecule has 0 saturated carbocycles. The van der Waals surface area contributed by atoms with Gasteiger partial charge in [-0.05, 0) is 31.2 Å². The zero-order valence-corrected chi connectivity index (χ0v) is 23.6. The van der Waals surface area contributed by atoms with Crippen LogP contribution in [0.4, 0.5) is 0 Å². The van der Waals surface area contributed by atoms with Gasteiger partial charge in [0.25, 0.3) is 11.9 Å². The number of carbonyl (C=O) groups is 1. The second kappa shape index (κ2) is 12.7. The summed E-state index contributed by atoms with van der Waals surface area (Å²) in [5.41, 5.74) is 0.716. The van der Waals surface area contributed by atoms with Crippen molar-refractivity contribution in [3.8, 4) is 23.0 Å². The van der Waals surface area contributed by atoms with Crippen molar-refractivity contribution in [3.05, 3.63) is 53.3 Å². The van der Waals surface area contributed by atoms with Gasteiger partial charge in [-0.25, -0.2) is 0 Å². The number of aromatic hydroxyl groups is 4. The molecule has 9 N–H and O–H groups in total. The number of esters is 1. The van der Waals surface area contributed by atoms with E-state index in [1.54, 1.807) is 12.1 Å². The summed E-state index contributed by atoms with van der Waals surface area (Å²) in [6, 6.07) is 8.42. The lowest BCUT2D eigenvalue weighted by Gasteiger charge is -2.43.